The highest BCUT2D eigenvalue weighted by molar-refractivity contribution is 5.98. The molecule has 100 valence electrons. The molecule has 0 aliphatic rings. The molecule has 3 N–H and O–H groups in total. The molecule has 0 aliphatic carbocycles. The van der Waals surface area contributed by atoms with Crippen LogP contribution < -0.4 is 5.73 Å². The van der Waals surface area contributed by atoms with Crippen molar-refractivity contribution in [3.8, 4) is 11.3 Å². The van der Waals surface area contributed by atoms with Crippen molar-refractivity contribution in [1.29, 1.82) is 0 Å². The van der Waals surface area contributed by atoms with Crippen LogP contribution in [0.4, 0.5) is 0 Å². The molecule has 0 radical (unpaired) electrons. The van der Waals surface area contributed by atoms with E-state index >= 15 is 0 Å². The Hall–Kier alpha value is -2.59. The summed E-state index contributed by atoms with van der Waals surface area (Å²) in [5, 5.41) is 9.45. The Labute approximate surface area is 116 Å². The molecule has 0 unspecified atom stereocenters. The van der Waals surface area contributed by atoms with Gasteiger partial charge in [0, 0.05) is 23.8 Å². The summed E-state index contributed by atoms with van der Waals surface area (Å²) in [6.07, 6.45) is 1.87. The second-order valence-corrected chi connectivity index (χ2v) is 4.57. The predicted octanol–water partition coefficient (Wildman–Crippen LogP) is 2.76. The summed E-state index contributed by atoms with van der Waals surface area (Å²) in [4.78, 5) is 11.5. The van der Waals surface area contributed by atoms with E-state index in [9.17, 15) is 9.90 Å². The zero-order chi connectivity index (χ0) is 14.1. The Morgan fingerprint density at radius 2 is 1.90 bits per heavy atom. The van der Waals surface area contributed by atoms with Crippen molar-refractivity contribution in [2.75, 3.05) is 0 Å². The maximum atomic E-state index is 11.5. The number of rotatable bonds is 3. The van der Waals surface area contributed by atoms with Gasteiger partial charge >= 0.3 is 5.97 Å². The van der Waals surface area contributed by atoms with E-state index in [2.05, 4.69) is 0 Å². The van der Waals surface area contributed by atoms with Crippen molar-refractivity contribution in [1.82, 2.24) is 4.40 Å². The summed E-state index contributed by atoms with van der Waals surface area (Å²) in [7, 11) is 0. The first-order chi connectivity index (χ1) is 9.72. The number of pyridine rings is 1. The number of benzene rings is 1. The molecule has 2 heterocycles. The maximum Gasteiger partial charge on any atom is 0.337 e. The van der Waals surface area contributed by atoms with Gasteiger partial charge < -0.3 is 15.2 Å². The van der Waals surface area contributed by atoms with Gasteiger partial charge in [-0.1, -0.05) is 30.3 Å². The topological polar surface area (TPSA) is 67.7 Å². The summed E-state index contributed by atoms with van der Waals surface area (Å²) in [6, 6.07) is 15.0. The second kappa shape index (κ2) is 4.83. The number of hydrogen-bond donors (Lipinski definition) is 2. The number of aromatic nitrogens is 1. The van der Waals surface area contributed by atoms with Crippen LogP contribution in [0.2, 0.25) is 0 Å². The second-order valence-electron chi connectivity index (χ2n) is 4.57. The van der Waals surface area contributed by atoms with Gasteiger partial charge in [-0.05, 0) is 23.8 Å². The fourth-order valence-corrected chi connectivity index (χ4v) is 2.49. The highest BCUT2D eigenvalue weighted by Gasteiger charge is 2.18. The lowest BCUT2D eigenvalue weighted by Crippen LogP contribution is -2.03. The number of carboxylic acid groups (broad SMARTS) is 1. The molecule has 0 saturated carbocycles. The van der Waals surface area contributed by atoms with E-state index in [1.807, 2.05) is 53.1 Å². The van der Waals surface area contributed by atoms with Crippen LogP contribution in [0.25, 0.3) is 16.8 Å². The number of fused-ring (bicyclic) bond motifs is 1. The van der Waals surface area contributed by atoms with Crippen LogP contribution in [0, 0.1) is 0 Å². The number of hydrogen-bond acceptors (Lipinski definition) is 2. The molecule has 0 fully saturated rings. The third-order valence-corrected chi connectivity index (χ3v) is 3.40. The smallest absolute Gasteiger partial charge is 0.337 e. The largest absolute Gasteiger partial charge is 0.478 e. The van der Waals surface area contributed by atoms with Crippen molar-refractivity contribution < 1.29 is 9.90 Å². The first kappa shape index (κ1) is 12.4. The molecule has 3 aromatic rings. The minimum Gasteiger partial charge on any atom is -0.478 e. The summed E-state index contributed by atoms with van der Waals surface area (Å²) in [6.45, 7) is 0.370. The van der Waals surface area contributed by atoms with Gasteiger partial charge in [0.2, 0.25) is 0 Å². The molecular weight excluding hydrogens is 252 g/mol. The van der Waals surface area contributed by atoms with E-state index in [1.165, 1.54) is 0 Å². The molecule has 0 saturated heterocycles. The molecule has 3 rings (SSSR count). The van der Waals surface area contributed by atoms with Crippen LogP contribution in [0.5, 0.6) is 0 Å². The molecule has 0 spiro atoms. The Bertz CT molecular complexity index is 790. The number of nitrogens with two attached hydrogens (primary N) is 1. The zero-order valence-corrected chi connectivity index (χ0v) is 10.8. The minimum absolute atomic E-state index is 0.289. The van der Waals surface area contributed by atoms with E-state index in [0.717, 1.165) is 16.6 Å². The SMILES string of the molecule is NCc1ccccc1-c1c(C(=O)O)cc2ccccn12. The average molecular weight is 266 g/mol. The fraction of sp³-hybridized carbons (Fsp3) is 0.0625. The first-order valence-corrected chi connectivity index (χ1v) is 6.34. The van der Waals surface area contributed by atoms with Crippen molar-refractivity contribution in [3.05, 3.63) is 65.9 Å². The fourth-order valence-electron chi connectivity index (χ4n) is 2.49. The number of carbonyl (C=O) groups is 1. The third-order valence-electron chi connectivity index (χ3n) is 3.40. The lowest BCUT2D eigenvalue weighted by Gasteiger charge is -2.09. The Morgan fingerprint density at radius 3 is 2.65 bits per heavy atom. The summed E-state index contributed by atoms with van der Waals surface area (Å²) >= 11 is 0. The summed E-state index contributed by atoms with van der Waals surface area (Å²) < 4.78 is 1.89. The Balaban J connectivity index is 2.39. The normalized spacial score (nSPS) is 10.8. The third kappa shape index (κ3) is 1.87. The predicted molar refractivity (Wildman–Crippen MR) is 77.7 cm³/mol. The summed E-state index contributed by atoms with van der Waals surface area (Å²) in [5.41, 5.74) is 9.38. The van der Waals surface area contributed by atoms with Gasteiger partial charge in [0.15, 0.2) is 0 Å². The lowest BCUT2D eigenvalue weighted by molar-refractivity contribution is 0.0698. The number of nitrogens with zero attached hydrogens (tertiary/aromatic N) is 1. The van der Waals surface area contributed by atoms with E-state index in [-0.39, 0.29) is 5.56 Å². The van der Waals surface area contributed by atoms with Crippen LogP contribution in [-0.4, -0.2) is 15.5 Å². The van der Waals surface area contributed by atoms with Gasteiger partial charge in [-0.2, -0.15) is 0 Å². The van der Waals surface area contributed by atoms with Crippen molar-refractivity contribution >= 4 is 11.5 Å². The van der Waals surface area contributed by atoms with Gasteiger partial charge in [0.1, 0.15) is 0 Å². The van der Waals surface area contributed by atoms with Crippen molar-refractivity contribution in [3.63, 3.8) is 0 Å². The number of aromatic carboxylic acids is 1. The lowest BCUT2D eigenvalue weighted by atomic mass is 10.0. The molecule has 1 aromatic carbocycles. The van der Waals surface area contributed by atoms with E-state index < -0.39 is 5.97 Å². The Morgan fingerprint density at radius 1 is 1.15 bits per heavy atom. The first-order valence-electron chi connectivity index (χ1n) is 6.34. The molecule has 20 heavy (non-hydrogen) atoms. The molecule has 0 bridgehead atoms. The maximum absolute atomic E-state index is 11.5. The van der Waals surface area contributed by atoms with Gasteiger partial charge in [0.05, 0.1) is 11.3 Å². The average Bonchev–Trinajstić information content (AvgIpc) is 2.86. The molecule has 0 aliphatic heterocycles. The number of carboxylic acids is 1. The van der Waals surface area contributed by atoms with Gasteiger partial charge in [-0.3, -0.25) is 0 Å². The molecule has 4 nitrogen and oxygen atoms in total. The quantitative estimate of drug-likeness (QED) is 0.766. The highest BCUT2D eigenvalue weighted by atomic mass is 16.4. The van der Waals surface area contributed by atoms with Crippen LogP contribution in [-0.2, 0) is 6.54 Å². The van der Waals surface area contributed by atoms with Gasteiger partial charge in [0.25, 0.3) is 0 Å². The molecule has 0 atom stereocenters. The van der Waals surface area contributed by atoms with E-state index in [4.69, 9.17) is 5.73 Å². The minimum atomic E-state index is -0.935. The standard InChI is InChI=1S/C16H14N2O2/c17-10-11-5-1-2-7-13(11)15-14(16(19)20)9-12-6-3-4-8-18(12)15/h1-9H,10,17H2,(H,19,20). The Kier molecular flexibility index (Phi) is 3.00. The van der Waals surface area contributed by atoms with E-state index in [1.54, 1.807) is 6.07 Å². The van der Waals surface area contributed by atoms with Crippen molar-refractivity contribution in [2.45, 2.75) is 6.54 Å². The van der Waals surface area contributed by atoms with Gasteiger partial charge in [-0.25, -0.2) is 4.79 Å². The zero-order valence-electron chi connectivity index (χ0n) is 10.8. The van der Waals surface area contributed by atoms with Crippen LogP contribution in [0.3, 0.4) is 0 Å². The van der Waals surface area contributed by atoms with Gasteiger partial charge in [-0.15, -0.1) is 0 Å². The molecule has 0 amide bonds. The molecular formula is C16H14N2O2. The summed E-state index contributed by atoms with van der Waals surface area (Å²) in [5.74, 6) is -0.935. The van der Waals surface area contributed by atoms with Crippen LogP contribution in [0.1, 0.15) is 15.9 Å². The van der Waals surface area contributed by atoms with Crippen molar-refractivity contribution in [2.24, 2.45) is 5.73 Å². The van der Waals surface area contributed by atoms with E-state index in [0.29, 0.717) is 12.2 Å². The molecule has 2 aromatic heterocycles. The highest BCUT2D eigenvalue weighted by Crippen LogP contribution is 2.30. The van der Waals surface area contributed by atoms with Crippen LogP contribution in [0.15, 0.2) is 54.7 Å². The monoisotopic (exact) mass is 266 g/mol. The molecule has 4 heteroatoms. The van der Waals surface area contributed by atoms with Crippen LogP contribution >= 0.6 is 0 Å².